The van der Waals surface area contributed by atoms with Gasteiger partial charge in [-0.1, -0.05) is 6.92 Å². The molecule has 6 heavy (non-hydrogen) atoms. The lowest BCUT2D eigenvalue weighted by Crippen LogP contribution is -1.82. The largest absolute Gasteiger partial charge is 0.149 e. The normalized spacial score (nSPS) is 60.5. The predicted octanol–water partition coefficient (Wildman–Crippen LogP) is 1.65. The molecule has 0 nitrogen and oxygen atoms in total. The highest BCUT2D eigenvalue weighted by Crippen LogP contribution is 2.75. The summed E-state index contributed by atoms with van der Waals surface area (Å²) in [5, 5.41) is 1.13. The molecule has 0 N–H and O–H groups in total. The van der Waals surface area contributed by atoms with Crippen molar-refractivity contribution in [3.8, 4) is 0 Å². The van der Waals surface area contributed by atoms with Crippen LogP contribution in [0.25, 0.3) is 0 Å². The van der Waals surface area contributed by atoms with Gasteiger partial charge in [0.2, 0.25) is 0 Å². The maximum Gasteiger partial charge on any atom is 0.0291 e. The molecule has 1 aliphatic carbocycles. The lowest BCUT2D eigenvalue weighted by Gasteiger charge is -1.88. The molecule has 1 heteroatoms. The first-order valence-corrected chi connectivity index (χ1v) is 3.43. The van der Waals surface area contributed by atoms with Crippen molar-refractivity contribution in [1.29, 1.82) is 0 Å². The van der Waals surface area contributed by atoms with E-state index in [-0.39, 0.29) is 0 Å². The second-order valence-corrected chi connectivity index (χ2v) is 3.85. The fourth-order valence-corrected chi connectivity index (χ4v) is 2.13. The van der Waals surface area contributed by atoms with Crippen LogP contribution in [0.3, 0.4) is 0 Å². The summed E-state index contributed by atoms with van der Waals surface area (Å²) < 4.78 is 0.875. The van der Waals surface area contributed by atoms with Gasteiger partial charge in [-0.2, -0.15) is 0 Å². The van der Waals surface area contributed by atoms with Crippen LogP contribution in [0.4, 0.5) is 0 Å². The Hall–Kier alpha value is 0.350. The Morgan fingerprint density at radius 2 is 2.50 bits per heavy atom. The standard InChI is InChI=1S/C5H8S/c1-2-5-3-4(5)6-5/h4H,2-3H2,1H3. The van der Waals surface area contributed by atoms with E-state index in [1.807, 2.05) is 0 Å². The number of thioether (sulfide) groups is 1. The van der Waals surface area contributed by atoms with Crippen molar-refractivity contribution in [2.75, 3.05) is 0 Å². The average molecular weight is 100 g/mol. The van der Waals surface area contributed by atoms with E-state index in [0.29, 0.717) is 0 Å². The van der Waals surface area contributed by atoms with Gasteiger partial charge in [-0.05, 0) is 12.8 Å². The third-order valence-corrected chi connectivity index (χ3v) is 3.73. The molecule has 1 saturated heterocycles. The van der Waals surface area contributed by atoms with Crippen LogP contribution in [-0.2, 0) is 0 Å². The highest BCUT2D eigenvalue weighted by Gasteiger charge is 2.69. The van der Waals surface area contributed by atoms with E-state index in [9.17, 15) is 0 Å². The molecule has 0 radical (unpaired) electrons. The number of hydrogen-bond acceptors (Lipinski definition) is 1. The minimum absolute atomic E-state index is 0.875. The van der Waals surface area contributed by atoms with Gasteiger partial charge in [0.15, 0.2) is 0 Å². The van der Waals surface area contributed by atoms with E-state index >= 15 is 0 Å². The summed E-state index contributed by atoms with van der Waals surface area (Å²) >= 11 is 2.17. The van der Waals surface area contributed by atoms with E-state index in [1.165, 1.54) is 12.8 Å². The molecule has 0 aromatic heterocycles. The maximum atomic E-state index is 2.29. The Morgan fingerprint density at radius 3 is 2.50 bits per heavy atom. The van der Waals surface area contributed by atoms with E-state index in [1.54, 1.807) is 0 Å². The van der Waals surface area contributed by atoms with Crippen molar-refractivity contribution < 1.29 is 0 Å². The second-order valence-electron chi connectivity index (χ2n) is 2.23. The Morgan fingerprint density at radius 1 is 2.00 bits per heavy atom. The zero-order chi connectivity index (χ0) is 4.20. The first-order chi connectivity index (χ1) is 2.87. The van der Waals surface area contributed by atoms with Crippen molar-refractivity contribution in [2.45, 2.75) is 29.8 Å². The molecule has 1 saturated carbocycles. The van der Waals surface area contributed by atoms with Crippen LogP contribution < -0.4 is 0 Å². The van der Waals surface area contributed by atoms with E-state index in [4.69, 9.17) is 0 Å². The number of rotatable bonds is 1. The van der Waals surface area contributed by atoms with Crippen molar-refractivity contribution in [3.05, 3.63) is 0 Å². The monoisotopic (exact) mass is 100 g/mol. The van der Waals surface area contributed by atoms with E-state index < -0.39 is 0 Å². The molecule has 0 spiro atoms. The highest BCUT2D eigenvalue weighted by molar-refractivity contribution is 8.10. The summed E-state index contributed by atoms with van der Waals surface area (Å²) in [6.45, 7) is 2.29. The van der Waals surface area contributed by atoms with Gasteiger partial charge in [0.05, 0.1) is 0 Å². The van der Waals surface area contributed by atoms with Crippen LogP contribution in [0.5, 0.6) is 0 Å². The molecular weight excluding hydrogens is 92.1 g/mol. The molecule has 2 aliphatic rings. The van der Waals surface area contributed by atoms with Crippen molar-refractivity contribution >= 4 is 11.8 Å². The van der Waals surface area contributed by atoms with Crippen molar-refractivity contribution in [2.24, 2.45) is 0 Å². The molecule has 0 amide bonds. The average Bonchev–Trinajstić information content (AvgIpc) is 2.12. The fraction of sp³-hybridized carbons (Fsp3) is 1.00. The summed E-state index contributed by atoms with van der Waals surface area (Å²) in [4.78, 5) is 0. The molecule has 34 valence electrons. The van der Waals surface area contributed by atoms with E-state index in [2.05, 4.69) is 18.7 Å². The summed E-state index contributed by atoms with van der Waals surface area (Å²) in [7, 11) is 0. The molecule has 2 atom stereocenters. The second kappa shape index (κ2) is 0.664. The molecule has 0 aromatic carbocycles. The van der Waals surface area contributed by atoms with Gasteiger partial charge in [-0.15, -0.1) is 11.8 Å². The molecular formula is C5H8S. The van der Waals surface area contributed by atoms with Crippen LogP contribution in [0.2, 0.25) is 0 Å². The molecule has 2 rings (SSSR count). The van der Waals surface area contributed by atoms with Crippen LogP contribution in [-0.4, -0.2) is 10.00 Å². The van der Waals surface area contributed by atoms with E-state index in [0.717, 1.165) is 10.00 Å². The van der Waals surface area contributed by atoms with Gasteiger partial charge in [0.25, 0.3) is 0 Å². The quantitative estimate of drug-likeness (QED) is 0.451. The number of fused-ring (bicyclic) bond motifs is 1. The molecule has 2 fully saturated rings. The summed E-state index contributed by atoms with van der Waals surface area (Å²) in [5.41, 5.74) is 0. The minimum atomic E-state index is 0.875. The summed E-state index contributed by atoms with van der Waals surface area (Å²) in [5.74, 6) is 0. The Labute approximate surface area is 42.3 Å². The summed E-state index contributed by atoms with van der Waals surface area (Å²) in [6.07, 6.45) is 2.95. The lowest BCUT2D eigenvalue weighted by atomic mass is 10.3. The molecule has 0 bridgehead atoms. The summed E-state index contributed by atoms with van der Waals surface area (Å²) in [6, 6.07) is 0. The first kappa shape index (κ1) is 3.36. The Bertz CT molecular complexity index is 81.9. The smallest absolute Gasteiger partial charge is 0.0291 e. The lowest BCUT2D eigenvalue weighted by molar-refractivity contribution is 0.896. The van der Waals surface area contributed by atoms with Gasteiger partial charge < -0.3 is 0 Å². The highest BCUT2D eigenvalue weighted by atomic mass is 32.2. The van der Waals surface area contributed by atoms with Crippen LogP contribution in [0.1, 0.15) is 19.8 Å². The minimum Gasteiger partial charge on any atom is -0.149 e. The topological polar surface area (TPSA) is 0 Å². The first-order valence-electron chi connectivity index (χ1n) is 2.55. The number of hydrogen-bond donors (Lipinski definition) is 0. The van der Waals surface area contributed by atoms with Gasteiger partial charge in [0, 0.05) is 10.00 Å². The predicted molar refractivity (Wildman–Crippen MR) is 29.0 cm³/mol. The van der Waals surface area contributed by atoms with Crippen LogP contribution in [0.15, 0.2) is 0 Å². The third kappa shape index (κ3) is 0.207. The van der Waals surface area contributed by atoms with Crippen LogP contribution >= 0.6 is 11.8 Å². The maximum absolute atomic E-state index is 2.29. The molecule has 2 unspecified atom stereocenters. The zero-order valence-corrected chi connectivity index (χ0v) is 4.72. The fourth-order valence-electron chi connectivity index (χ4n) is 0.950. The Balaban J connectivity index is 2.10. The van der Waals surface area contributed by atoms with Crippen molar-refractivity contribution in [3.63, 3.8) is 0 Å². The Kier molecular flexibility index (Phi) is 0.372. The molecule has 1 aliphatic heterocycles. The zero-order valence-electron chi connectivity index (χ0n) is 3.90. The van der Waals surface area contributed by atoms with Crippen LogP contribution in [0, 0.1) is 0 Å². The van der Waals surface area contributed by atoms with Gasteiger partial charge in [-0.3, -0.25) is 0 Å². The van der Waals surface area contributed by atoms with Gasteiger partial charge in [0.1, 0.15) is 0 Å². The SMILES string of the molecule is CCC12CC1S2. The molecule has 0 aromatic rings. The van der Waals surface area contributed by atoms with Crippen molar-refractivity contribution in [1.82, 2.24) is 0 Å². The molecule has 1 heterocycles. The van der Waals surface area contributed by atoms with Gasteiger partial charge in [-0.25, -0.2) is 0 Å². The third-order valence-electron chi connectivity index (χ3n) is 1.88. The van der Waals surface area contributed by atoms with Gasteiger partial charge >= 0.3 is 0 Å².